The van der Waals surface area contributed by atoms with Crippen molar-refractivity contribution in [1.82, 2.24) is 5.43 Å². The molecule has 0 aromatic heterocycles. The maximum Gasteiger partial charge on any atom is 0.191 e. The van der Waals surface area contributed by atoms with Crippen LogP contribution < -0.4 is 15.5 Å². The van der Waals surface area contributed by atoms with E-state index in [0.717, 1.165) is 35.6 Å². The molecule has 0 heterocycles. The maximum absolute atomic E-state index is 5.71. The van der Waals surface area contributed by atoms with Crippen LogP contribution >= 0.6 is 12.2 Å². The SMILES string of the molecule is Cc1ccc(NC(=S)N/N=C\c2ccc(OCCC(C)C)cc2)c(C)c1. The third kappa shape index (κ3) is 6.84. The standard InChI is InChI=1S/C21H27N3OS/c1-15(2)11-12-25-19-8-6-18(7-9-19)14-22-24-21(26)23-20-10-5-16(3)13-17(20)4/h5-10,13-15H,11-12H2,1-4H3,(H2,23,24,26)/b22-14-. The summed E-state index contributed by atoms with van der Waals surface area (Å²) < 4.78 is 5.71. The third-order valence-corrected chi connectivity index (χ3v) is 4.05. The lowest BCUT2D eigenvalue weighted by Crippen LogP contribution is -2.24. The van der Waals surface area contributed by atoms with Gasteiger partial charge in [0, 0.05) is 5.69 Å². The number of hydrazone groups is 1. The van der Waals surface area contributed by atoms with E-state index in [4.69, 9.17) is 17.0 Å². The van der Waals surface area contributed by atoms with E-state index in [9.17, 15) is 0 Å². The molecule has 0 saturated heterocycles. The molecule has 0 spiro atoms. The van der Waals surface area contributed by atoms with Crippen LogP contribution in [0.4, 0.5) is 5.69 Å². The Bertz CT molecular complexity index is 754. The summed E-state index contributed by atoms with van der Waals surface area (Å²) in [6.45, 7) is 9.24. The summed E-state index contributed by atoms with van der Waals surface area (Å²) in [6, 6.07) is 14.0. The van der Waals surface area contributed by atoms with Crippen molar-refractivity contribution in [2.45, 2.75) is 34.1 Å². The Balaban J connectivity index is 1.81. The Morgan fingerprint density at radius 2 is 1.88 bits per heavy atom. The number of hydrogen-bond donors (Lipinski definition) is 2. The summed E-state index contributed by atoms with van der Waals surface area (Å²) in [5.41, 5.74) is 7.16. The van der Waals surface area contributed by atoms with Gasteiger partial charge in [-0.1, -0.05) is 31.5 Å². The number of rotatable bonds is 7. The summed E-state index contributed by atoms with van der Waals surface area (Å²) in [6.07, 6.45) is 2.78. The zero-order valence-corrected chi connectivity index (χ0v) is 16.7. The van der Waals surface area contributed by atoms with E-state index in [1.54, 1.807) is 6.21 Å². The highest BCUT2D eigenvalue weighted by Crippen LogP contribution is 2.16. The first kappa shape index (κ1) is 19.9. The fraction of sp³-hybridized carbons (Fsp3) is 0.333. The Morgan fingerprint density at radius 3 is 2.54 bits per heavy atom. The van der Waals surface area contributed by atoms with Gasteiger partial charge >= 0.3 is 0 Å². The van der Waals surface area contributed by atoms with E-state index in [0.29, 0.717) is 11.0 Å². The van der Waals surface area contributed by atoms with Gasteiger partial charge in [-0.3, -0.25) is 5.43 Å². The maximum atomic E-state index is 5.71. The van der Waals surface area contributed by atoms with Crippen LogP contribution in [-0.4, -0.2) is 17.9 Å². The molecule has 26 heavy (non-hydrogen) atoms. The van der Waals surface area contributed by atoms with Gasteiger partial charge in [0.25, 0.3) is 0 Å². The van der Waals surface area contributed by atoms with E-state index in [1.165, 1.54) is 5.56 Å². The lowest BCUT2D eigenvalue weighted by Gasteiger charge is -2.10. The highest BCUT2D eigenvalue weighted by molar-refractivity contribution is 7.80. The van der Waals surface area contributed by atoms with E-state index in [1.807, 2.05) is 43.3 Å². The molecule has 0 atom stereocenters. The van der Waals surface area contributed by atoms with Crippen LogP contribution in [0.3, 0.4) is 0 Å². The number of nitrogens with zero attached hydrogens (tertiary/aromatic N) is 1. The normalized spacial score (nSPS) is 11.0. The molecule has 5 heteroatoms. The molecule has 0 aliphatic heterocycles. The van der Waals surface area contributed by atoms with Crippen LogP contribution in [0.1, 0.15) is 37.0 Å². The minimum atomic E-state index is 0.460. The highest BCUT2D eigenvalue weighted by Gasteiger charge is 2.00. The van der Waals surface area contributed by atoms with Gasteiger partial charge in [0.05, 0.1) is 12.8 Å². The van der Waals surface area contributed by atoms with Crippen LogP contribution in [0.15, 0.2) is 47.6 Å². The summed E-state index contributed by atoms with van der Waals surface area (Å²) in [5, 5.41) is 7.79. The van der Waals surface area contributed by atoms with E-state index < -0.39 is 0 Å². The molecular weight excluding hydrogens is 342 g/mol. The predicted molar refractivity (Wildman–Crippen MR) is 114 cm³/mol. The summed E-state index contributed by atoms with van der Waals surface area (Å²) in [5.74, 6) is 1.52. The van der Waals surface area contributed by atoms with Crippen LogP contribution in [-0.2, 0) is 0 Å². The van der Waals surface area contributed by atoms with E-state index in [-0.39, 0.29) is 0 Å². The number of nitrogens with one attached hydrogen (secondary N) is 2. The molecule has 0 bridgehead atoms. The van der Waals surface area contributed by atoms with Gasteiger partial charge in [-0.25, -0.2) is 0 Å². The molecule has 2 aromatic rings. The van der Waals surface area contributed by atoms with E-state index >= 15 is 0 Å². The molecule has 0 aliphatic carbocycles. The van der Waals surface area contributed by atoms with Gasteiger partial charge in [-0.2, -0.15) is 5.10 Å². The number of benzene rings is 2. The van der Waals surface area contributed by atoms with Crippen molar-refractivity contribution in [2.75, 3.05) is 11.9 Å². The third-order valence-electron chi connectivity index (χ3n) is 3.85. The zero-order chi connectivity index (χ0) is 18.9. The fourth-order valence-electron chi connectivity index (χ4n) is 2.33. The van der Waals surface area contributed by atoms with Gasteiger partial charge in [0.15, 0.2) is 5.11 Å². The summed E-state index contributed by atoms with van der Waals surface area (Å²) in [4.78, 5) is 0. The predicted octanol–water partition coefficient (Wildman–Crippen LogP) is 5.05. The first-order valence-corrected chi connectivity index (χ1v) is 9.25. The summed E-state index contributed by atoms with van der Waals surface area (Å²) >= 11 is 5.28. The van der Waals surface area contributed by atoms with Gasteiger partial charge < -0.3 is 10.1 Å². The van der Waals surface area contributed by atoms with E-state index in [2.05, 4.69) is 42.7 Å². The number of thiocarbonyl (C=S) groups is 1. The molecule has 0 saturated carbocycles. The molecule has 0 radical (unpaired) electrons. The molecule has 2 aromatic carbocycles. The molecule has 4 nitrogen and oxygen atoms in total. The Morgan fingerprint density at radius 1 is 1.15 bits per heavy atom. The number of aryl methyl sites for hydroxylation is 2. The van der Waals surface area contributed by atoms with Crippen LogP contribution in [0.25, 0.3) is 0 Å². The minimum Gasteiger partial charge on any atom is -0.494 e. The Kier molecular flexibility index (Phi) is 7.60. The smallest absolute Gasteiger partial charge is 0.191 e. The zero-order valence-electron chi connectivity index (χ0n) is 15.9. The second-order valence-electron chi connectivity index (χ2n) is 6.74. The molecule has 0 aliphatic rings. The molecule has 0 unspecified atom stereocenters. The monoisotopic (exact) mass is 369 g/mol. The average Bonchev–Trinajstić information content (AvgIpc) is 2.58. The second-order valence-corrected chi connectivity index (χ2v) is 7.15. The van der Waals surface area contributed by atoms with Crippen molar-refractivity contribution in [3.63, 3.8) is 0 Å². The van der Waals surface area contributed by atoms with Crippen LogP contribution in [0, 0.1) is 19.8 Å². The van der Waals surface area contributed by atoms with Crippen molar-refractivity contribution in [1.29, 1.82) is 0 Å². The number of hydrogen-bond acceptors (Lipinski definition) is 3. The lowest BCUT2D eigenvalue weighted by molar-refractivity contribution is 0.289. The van der Waals surface area contributed by atoms with Crippen LogP contribution in [0.5, 0.6) is 5.75 Å². The van der Waals surface area contributed by atoms with Gasteiger partial charge in [0.1, 0.15) is 5.75 Å². The lowest BCUT2D eigenvalue weighted by atomic mass is 10.1. The Labute approximate surface area is 161 Å². The minimum absolute atomic E-state index is 0.460. The van der Waals surface area contributed by atoms with Crippen molar-refractivity contribution in [3.05, 3.63) is 59.2 Å². The molecule has 0 amide bonds. The molecule has 2 rings (SSSR count). The highest BCUT2D eigenvalue weighted by atomic mass is 32.1. The molecule has 2 N–H and O–H groups in total. The quantitative estimate of drug-likeness (QED) is 0.407. The van der Waals surface area contributed by atoms with Crippen molar-refractivity contribution in [2.24, 2.45) is 11.0 Å². The van der Waals surface area contributed by atoms with Gasteiger partial charge in [0.2, 0.25) is 0 Å². The number of ether oxygens (including phenoxy) is 1. The first-order chi connectivity index (χ1) is 12.4. The molecule has 138 valence electrons. The fourth-order valence-corrected chi connectivity index (χ4v) is 2.49. The van der Waals surface area contributed by atoms with Gasteiger partial charge in [-0.15, -0.1) is 0 Å². The number of anilines is 1. The van der Waals surface area contributed by atoms with Crippen molar-refractivity contribution in [3.8, 4) is 5.75 Å². The largest absolute Gasteiger partial charge is 0.494 e. The summed E-state index contributed by atoms with van der Waals surface area (Å²) in [7, 11) is 0. The second kappa shape index (κ2) is 9.92. The average molecular weight is 370 g/mol. The van der Waals surface area contributed by atoms with Crippen LogP contribution in [0.2, 0.25) is 0 Å². The van der Waals surface area contributed by atoms with Crippen molar-refractivity contribution >= 4 is 29.2 Å². The molecular formula is C21H27N3OS. The van der Waals surface area contributed by atoms with Crippen molar-refractivity contribution < 1.29 is 4.74 Å². The topological polar surface area (TPSA) is 45.7 Å². The molecule has 0 fully saturated rings. The van der Waals surface area contributed by atoms with Gasteiger partial charge in [-0.05, 0) is 79.9 Å². The Hall–Kier alpha value is -2.40. The first-order valence-electron chi connectivity index (χ1n) is 8.84.